The van der Waals surface area contributed by atoms with Gasteiger partial charge >= 0.3 is 0 Å². The second kappa shape index (κ2) is 3.54. The number of pyridine rings is 1. The minimum absolute atomic E-state index is 0.119. The Bertz CT molecular complexity index is 400. The van der Waals surface area contributed by atoms with E-state index in [0.29, 0.717) is 5.69 Å². The van der Waals surface area contributed by atoms with Gasteiger partial charge in [0.05, 0.1) is 0 Å². The minimum atomic E-state index is 0.119. The maximum absolute atomic E-state index is 8.74. The average Bonchev–Trinajstić information content (AvgIpc) is 3.00. The van der Waals surface area contributed by atoms with E-state index in [0.717, 1.165) is 11.6 Å². The van der Waals surface area contributed by atoms with Gasteiger partial charge in [0.25, 0.3) is 0 Å². The van der Waals surface area contributed by atoms with Gasteiger partial charge in [-0.1, -0.05) is 0 Å². The zero-order valence-corrected chi connectivity index (χ0v) is 9.12. The first-order chi connectivity index (χ1) is 7.12. The van der Waals surface area contributed by atoms with E-state index in [1.807, 2.05) is 12.1 Å². The number of nitrogens with one attached hydrogen (secondary N) is 1. The van der Waals surface area contributed by atoms with Crippen molar-refractivity contribution in [2.24, 2.45) is 5.92 Å². The van der Waals surface area contributed by atoms with Gasteiger partial charge in [0.1, 0.15) is 11.8 Å². The molecule has 0 unspecified atom stereocenters. The van der Waals surface area contributed by atoms with Crippen molar-refractivity contribution in [3.8, 4) is 6.07 Å². The Morgan fingerprint density at radius 1 is 1.53 bits per heavy atom. The standard InChI is InChI=1S/C12H15N3/c1-12(2,9-3-4-9)15-10-5-6-14-11(7-10)8-13/h5-7,9H,3-4H2,1-2H3,(H,14,15). The van der Waals surface area contributed by atoms with Gasteiger partial charge in [-0.05, 0) is 44.7 Å². The molecule has 0 atom stereocenters. The number of rotatable bonds is 3. The van der Waals surface area contributed by atoms with Crippen LogP contribution in [0.1, 0.15) is 32.4 Å². The molecule has 0 bridgehead atoms. The molecule has 0 spiro atoms. The molecule has 1 aromatic rings. The lowest BCUT2D eigenvalue weighted by molar-refractivity contribution is 0.494. The molecule has 1 aromatic heterocycles. The fourth-order valence-electron chi connectivity index (χ4n) is 1.85. The summed E-state index contributed by atoms with van der Waals surface area (Å²) in [5, 5.41) is 12.2. The van der Waals surface area contributed by atoms with Gasteiger partial charge in [-0.3, -0.25) is 0 Å². The third kappa shape index (κ3) is 2.27. The van der Waals surface area contributed by atoms with Crippen molar-refractivity contribution in [1.29, 1.82) is 5.26 Å². The molecule has 0 radical (unpaired) electrons. The molecular weight excluding hydrogens is 186 g/mol. The third-order valence-corrected chi connectivity index (χ3v) is 2.94. The van der Waals surface area contributed by atoms with E-state index >= 15 is 0 Å². The number of anilines is 1. The number of nitriles is 1. The van der Waals surface area contributed by atoms with Crippen LogP contribution in [0.2, 0.25) is 0 Å². The molecule has 0 saturated heterocycles. The van der Waals surface area contributed by atoms with E-state index < -0.39 is 0 Å². The van der Waals surface area contributed by atoms with E-state index in [1.54, 1.807) is 12.3 Å². The van der Waals surface area contributed by atoms with Gasteiger partial charge in [0.2, 0.25) is 0 Å². The van der Waals surface area contributed by atoms with Crippen molar-refractivity contribution >= 4 is 5.69 Å². The maximum atomic E-state index is 8.74. The highest BCUT2D eigenvalue weighted by Crippen LogP contribution is 2.40. The zero-order valence-electron chi connectivity index (χ0n) is 9.12. The van der Waals surface area contributed by atoms with E-state index in [2.05, 4.69) is 24.1 Å². The highest BCUT2D eigenvalue weighted by molar-refractivity contribution is 5.48. The molecule has 1 heterocycles. The lowest BCUT2D eigenvalue weighted by atomic mass is 9.98. The van der Waals surface area contributed by atoms with Crippen LogP contribution in [0, 0.1) is 17.2 Å². The van der Waals surface area contributed by atoms with Crippen molar-refractivity contribution in [3.63, 3.8) is 0 Å². The summed E-state index contributed by atoms with van der Waals surface area (Å²) in [4.78, 5) is 3.95. The lowest BCUT2D eigenvalue weighted by Crippen LogP contribution is -2.33. The first kappa shape index (κ1) is 9.97. The highest BCUT2D eigenvalue weighted by Gasteiger charge is 2.37. The molecule has 0 amide bonds. The molecule has 2 rings (SSSR count). The largest absolute Gasteiger partial charge is 0.380 e. The van der Waals surface area contributed by atoms with E-state index in [-0.39, 0.29) is 5.54 Å². The van der Waals surface area contributed by atoms with Gasteiger partial charge in [-0.15, -0.1) is 0 Å². The molecule has 1 aliphatic rings. The summed E-state index contributed by atoms with van der Waals surface area (Å²) in [6, 6.07) is 5.75. The van der Waals surface area contributed by atoms with Gasteiger partial charge < -0.3 is 5.32 Å². The molecule has 1 saturated carbocycles. The fraction of sp³-hybridized carbons (Fsp3) is 0.500. The summed E-state index contributed by atoms with van der Waals surface area (Å²) in [6.45, 7) is 4.41. The van der Waals surface area contributed by atoms with Crippen LogP contribution in [-0.2, 0) is 0 Å². The molecular formula is C12H15N3. The zero-order chi connectivity index (χ0) is 10.9. The SMILES string of the molecule is CC(C)(Nc1ccnc(C#N)c1)C1CC1. The summed E-state index contributed by atoms with van der Waals surface area (Å²) in [5.74, 6) is 0.760. The van der Waals surface area contributed by atoms with Gasteiger partial charge in [0.15, 0.2) is 0 Å². The maximum Gasteiger partial charge on any atom is 0.142 e. The summed E-state index contributed by atoms with van der Waals surface area (Å²) >= 11 is 0. The van der Waals surface area contributed by atoms with Gasteiger partial charge in [-0.25, -0.2) is 4.98 Å². The molecule has 0 aromatic carbocycles. The van der Waals surface area contributed by atoms with Crippen molar-refractivity contribution in [1.82, 2.24) is 4.98 Å². The first-order valence-electron chi connectivity index (χ1n) is 5.26. The molecule has 1 fully saturated rings. The first-order valence-corrected chi connectivity index (χ1v) is 5.26. The molecule has 78 valence electrons. The number of hydrogen-bond acceptors (Lipinski definition) is 3. The smallest absolute Gasteiger partial charge is 0.142 e. The van der Waals surface area contributed by atoms with Crippen LogP contribution >= 0.6 is 0 Å². The van der Waals surface area contributed by atoms with Crippen LogP contribution in [0.25, 0.3) is 0 Å². The van der Waals surface area contributed by atoms with Crippen molar-refractivity contribution < 1.29 is 0 Å². The monoisotopic (exact) mass is 201 g/mol. The van der Waals surface area contributed by atoms with Crippen LogP contribution in [0.5, 0.6) is 0 Å². The number of aromatic nitrogens is 1. The second-order valence-electron chi connectivity index (χ2n) is 4.66. The van der Waals surface area contributed by atoms with Crippen molar-refractivity contribution in [3.05, 3.63) is 24.0 Å². The summed E-state index contributed by atoms with van der Waals surface area (Å²) in [5.41, 5.74) is 1.57. The minimum Gasteiger partial charge on any atom is -0.380 e. The normalized spacial score (nSPS) is 15.8. The second-order valence-corrected chi connectivity index (χ2v) is 4.66. The summed E-state index contributed by atoms with van der Waals surface area (Å²) in [6.07, 6.45) is 4.27. The van der Waals surface area contributed by atoms with Crippen LogP contribution < -0.4 is 5.32 Å². The summed E-state index contributed by atoms with van der Waals surface area (Å²) in [7, 11) is 0. The molecule has 1 N–H and O–H groups in total. The quantitative estimate of drug-likeness (QED) is 0.817. The highest BCUT2D eigenvalue weighted by atomic mass is 15.0. The fourth-order valence-corrected chi connectivity index (χ4v) is 1.85. The molecule has 0 aliphatic heterocycles. The number of hydrogen-bond donors (Lipinski definition) is 1. The Morgan fingerprint density at radius 3 is 2.87 bits per heavy atom. The Morgan fingerprint density at radius 2 is 2.27 bits per heavy atom. The predicted octanol–water partition coefficient (Wildman–Crippen LogP) is 2.55. The predicted molar refractivity (Wildman–Crippen MR) is 59.4 cm³/mol. The topological polar surface area (TPSA) is 48.7 Å². The summed E-state index contributed by atoms with van der Waals surface area (Å²) < 4.78 is 0. The lowest BCUT2D eigenvalue weighted by Gasteiger charge is -2.27. The molecule has 3 nitrogen and oxygen atoms in total. The van der Waals surface area contributed by atoms with Crippen molar-refractivity contribution in [2.75, 3.05) is 5.32 Å². The van der Waals surface area contributed by atoms with Crippen LogP contribution in [0.3, 0.4) is 0 Å². The van der Waals surface area contributed by atoms with Gasteiger partial charge in [-0.2, -0.15) is 5.26 Å². The van der Waals surface area contributed by atoms with Crippen LogP contribution in [0.15, 0.2) is 18.3 Å². The number of nitrogens with zero attached hydrogens (tertiary/aromatic N) is 2. The Labute approximate surface area is 90.1 Å². The Balaban J connectivity index is 2.13. The van der Waals surface area contributed by atoms with E-state index in [9.17, 15) is 0 Å². The molecule has 1 aliphatic carbocycles. The van der Waals surface area contributed by atoms with Gasteiger partial charge in [0, 0.05) is 17.4 Å². The molecule has 15 heavy (non-hydrogen) atoms. The molecule has 3 heteroatoms. The Kier molecular flexibility index (Phi) is 2.36. The van der Waals surface area contributed by atoms with Crippen LogP contribution in [-0.4, -0.2) is 10.5 Å². The van der Waals surface area contributed by atoms with E-state index in [4.69, 9.17) is 5.26 Å². The van der Waals surface area contributed by atoms with Crippen LogP contribution in [0.4, 0.5) is 5.69 Å². The van der Waals surface area contributed by atoms with E-state index in [1.165, 1.54) is 12.8 Å². The van der Waals surface area contributed by atoms with Crippen molar-refractivity contribution in [2.45, 2.75) is 32.2 Å². The Hall–Kier alpha value is -1.56. The third-order valence-electron chi connectivity index (χ3n) is 2.94. The average molecular weight is 201 g/mol.